The number of aliphatic hydroxyl groups excluding tert-OH is 1. The molecule has 1 fully saturated rings. The molecular weight excluding hydrogens is 290 g/mol. The maximum atomic E-state index is 10.4. The molecule has 1 aromatic carbocycles. The highest BCUT2D eigenvalue weighted by atomic mass is 16.5. The Kier molecular flexibility index (Phi) is 6.84. The molecule has 23 heavy (non-hydrogen) atoms. The van der Waals surface area contributed by atoms with Gasteiger partial charge in [-0.25, -0.2) is 0 Å². The zero-order valence-electron chi connectivity index (χ0n) is 14.9. The topological polar surface area (TPSA) is 39.2 Å². The van der Waals surface area contributed by atoms with Crippen molar-refractivity contribution >= 4 is 0 Å². The highest BCUT2D eigenvalue weighted by Crippen LogP contribution is 2.23. The fourth-order valence-electron chi connectivity index (χ4n) is 3.03. The number of β-amino-alcohol motifs (C(OH)–C–C–N with tert-alkyl or cyclic N) is 1. The van der Waals surface area contributed by atoms with Crippen molar-refractivity contribution in [1.29, 1.82) is 0 Å². The molecule has 1 heterocycles. The van der Waals surface area contributed by atoms with E-state index in [1.807, 2.05) is 12.1 Å². The number of rotatable bonds is 7. The summed E-state index contributed by atoms with van der Waals surface area (Å²) >= 11 is 0. The Balaban J connectivity index is 1.83. The van der Waals surface area contributed by atoms with Crippen molar-refractivity contribution < 1.29 is 9.84 Å². The van der Waals surface area contributed by atoms with E-state index < -0.39 is 0 Å². The van der Waals surface area contributed by atoms with Crippen molar-refractivity contribution in [2.75, 3.05) is 60.5 Å². The summed E-state index contributed by atoms with van der Waals surface area (Å²) in [6, 6.07) is 8.38. The first kappa shape index (κ1) is 18.2. The van der Waals surface area contributed by atoms with Gasteiger partial charge < -0.3 is 14.7 Å². The van der Waals surface area contributed by atoms with Gasteiger partial charge >= 0.3 is 0 Å². The van der Waals surface area contributed by atoms with Crippen LogP contribution in [-0.2, 0) is 0 Å². The molecule has 1 saturated heterocycles. The smallest absolute Gasteiger partial charge is 0.119 e. The quantitative estimate of drug-likeness (QED) is 0.819. The molecule has 0 bridgehead atoms. The normalized spacial score (nSPS) is 19.7. The van der Waals surface area contributed by atoms with Crippen LogP contribution in [0.1, 0.15) is 18.5 Å². The average molecular weight is 321 g/mol. The second-order valence-electron chi connectivity index (χ2n) is 6.65. The molecule has 1 aromatic rings. The summed E-state index contributed by atoms with van der Waals surface area (Å²) in [4.78, 5) is 6.89. The maximum Gasteiger partial charge on any atom is 0.119 e. The summed E-state index contributed by atoms with van der Waals surface area (Å²) < 4.78 is 5.30. The van der Waals surface area contributed by atoms with Crippen molar-refractivity contribution in [2.24, 2.45) is 0 Å². The molecule has 5 heteroatoms. The number of nitrogens with zero attached hydrogens (tertiary/aromatic N) is 3. The number of methoxy groups -OCH3 is 1. The monoisotopic (exact) mass is 321 g/mol. The number of benzene rings is 1. The molecule has 2 unspecified atom stereocenters. The van der Waals surface area contributed by atoms with Crippen LogP contribution in [0.5, 0.6) is 5.75 Å². The third-order valence-electron chi connectivity index (χ3n) is 4.80. The molecule has 5 nitrogen and oxygen atoms in total. The number of hydrogen-bond acceptors (Lipinski definition) is 5. The Morgan fingerprint density at radius 2 is 1.96 bits per heavy atom. The van der Waals surface area contributed by atoms with Gasteiger partial charge in [0, 0.05) is 45.3 Å². The minimum Gasteiger partial charge on any atom is -0.497 e. The average Bonchev–Trinajstić information content (AvgIpc) is 2.56. The summed E-state index contributed by atoms with van der Waals surface area (Å²) in [5.74, 6) is 0.876. The Hall–Kier alpha value is -1.14. The van der Waals surface area contributed by atoms with Crippen LogP contribution in [0.2, 0.25) is 0 Å². The predicted octanol–water partition coefficient (Wildman–Crippen LogP) is 1.30. The second kappa shape index (κ2) is 8.64. The molecule has 0 radical (unpaired) electrons. The van der Waals surface area contributed by atoms with Crippen LogP contribution in [0.3, 0.4) is 0 Å². The van der Waals surface area contributed by atoms with Crippen LogP contribution in [0.25, 0.3) is 0 Å². The van der Waals surface area contributed by atoms with E-state index >= 15 is 0 Å². The van der Waals surface area contributed by atoms with Gasteiger partial charge in [-0.3, -0.25) is 9.80 Å². The molecule has 130 valence electrons. The van der Waals surface area contributed by atoms with Gasteiger partial charge in [0.25, 0.3) is 0 Å². The van der Waals surface area contributed by atoms with E-state index in [-0.39, 0.29) is 12.1 Å². The van der Waals surface area contributed by atoms with Gasteiger partial charge in [-0.1, -0.05) is 12.1 Å². The van der Waals surface area contributed by atoms with Crippen LogP contribution in [0.15, 0.2) is 24.3 Å². The summed E-state index contributed by atoms with van der Waals surface area (Å²) in [5, 5.41) is 10.4. The first-order valence-corrected chi connectivity index (χ1v) is 8.42. The largest absolute Gasteiger partial charge is 0.497 e. The van der Waals surface area contributed by atoms with Crippen LogP contribution >= 0.6 is 0 Å². The minimum absolute atomic E-state index is 0.243. The highest BCUT2D eigenvalue weighted by molar-refractivity contribution is 5.30. The van der Waals surface area contributed by atoms with Crippen molar-refractivity contribution in [3.05, 3.63) is 29.8 Å². The SMILES string of the molecule is COc1cccc(C(C)N(C)CC(O)CN2CCN(C)CC2)c1. The first-order chi connectivity index (χ1) is 11.0. The Bertz CT molecular complexity index is 475. The fraction of sp³-hybridized carbons (Fsp3) is 0.667. The Labute approximate surface area is 140 Å². The summed E-state index contributed by atoms with van der Waals surface area (Å²) in [5.41, 5.74) is 1.21. The molecule has 1 aliphatic rings. The van der Waals surface area contributed by atoms with E-state index in [0.717, 1.165) is 38.5 Å². The number of aliphatic hydroxyl groups is 1. The van der Waals surface area contributed by atoms with Gasteiger partial charge in [0.2, 0.25) is 0 Å². The lowest BCUT2D eigenvalue weighted by Gasteiger charge is -2.35. The Morgan fingerprint density at radius 1 is 1.26 bits per heavy atom. The van der Waals surface area contributed by atoms with Crippen LogP contribution in [0.4, 0.5) is 0 Å². The summed E-state index contributed by atoms with van der Waals surface area (Å²) in [6.45, 7) is 7.85. The molecule has 0 saturated carbocycles. The summed E-state index contributed by atoms with van der Waals surface area (Å²) in [6.07, 6.45) is -0.323. The van der Waals surface area contributed by atoms with Gasteiger partial charge in [0.1, 0.15) is 5.75 Å². The highest BCUT2D eigenvalue weighted by Gasteiger charge is 2.20. The van der Waals surface area contributed by atoms with E-state index in [1.54, 1.807) is 7.11 Å². The van der Waals surface area contributed by atoms with Crippen LogP contribution in [-0.4, -0.2) is 86.4 Å². The standard InChI is InChI=1S/C18H31N3O2/c1-15(16-6-5-7-18(12-16)23-4)20(3)13-17(22)14-21-10-8-19(2)9-11-21/h5-7,12,15,17,22H,8-11,13-14H2,1-4H3. The van der Waals surface area contributed by atoms with Crippen molar-refractivity contribution in [2.45, 2.75) is 19.1 Å². The van der Waals surface area contributed by atoms with Crippen molar-refractivity contribution in [1.82, 2.24) is 14.7 Å². The van der Waals surface area contributed by atoms with E-state index in [2.05, 4.69) is 47.9 Å². The fourth-order valence-corrected chi connectivity index (χ4v) is 3.03. The molecule has 0 spiro atoms. The second-order valence-corrected chi connectivity index (χ2v) is 6.65. The number of hydrogen-bond donors (Lipinski definition) is 1. The van der Waals surface area contributed by atoms with Gasteiger partial charge in [-0.15, -0.1) is 0 Å². The molecule has 0 aromatic heterocycles. The minimum atomic E-state index is -0.323. The molecule has 1 N–H and O–H groups in total. The van der Waals surface area contributed by atoms with Crippen molar-refractivity contribution in [3.8, 4) is 5.75 Å². The van der Waals surface area contributed by atoms with E-state index in [0.29, 0.717) is 6.54 Å². The molecule has 0 amide bonds. The maximum absolute atomic E-state index is 10.4. The van der Waals surface area contributed by atoms with Gasteiger partial charge in [-0.2, -0.15) is 0 Å². The van der Waals surface area contributed by atoms with E-state index in [9.17, 15) is 5.11 Å². The van der Waals surface area contributed by atoms with E-state index in [4.69, 9.17) is 4.74 Å². The summed E-state index contributed by atoms with van der Waals surface area (Å²) in [7, 11) is 5.90. The zero-order chi connectivity index (χ0) is 16.8. The van der Waals surface area contributed by atoms with E-state index in [1.165, 1.54) is 5.56 Å². The zero-order valence-corrected chi connectivity index (χ0v) is 14.9. The molecule has 0 aliphatic carbocycles. The molecule has 2 atom stereocenters. The molecule has 1 aliphatic heterocycles. The molecular formula is C18H31N3O2. The lowest BCUT2D eigenvalue weighted by atomic mass is 10.1. The van der Waals surface area contributed by atoms with Crippen LogP contribution in [0, 0.1) is 0 Å². The van der Waals surface area contributed by atoms with Gasteiger partial charge in [-0.05, 0) is 38.7 Å². The number of piperazine rings is 1. The third kappa shape index (κ3) is 5.46. The lowest BCUT2D eigenvalue weighted by molar-refractivity contribution is 0.0530. The van der Waals surface area contributed by atoms with Crippen molar-refractivity contribution in [3.63, 3.8) is 0 Å². The predicted molar refractivity (Wildman–Crippen MR) is 94.0 cm³/mol. The Morgan fingerprint density at radius 3 is 2.61 bits per heavy atom. The van der Waals surface area contributed by atoms with Gasteiger partial charge in [0.05, 0.1) is 13.2 Å². The third-order valence-corrected chi connectivity index (χ3v) is 4.80. The molecule has 2 rings (SSSR count). The number of ether oxygens (including phenoxy) is 1. The number of likely N-dealkylation sites (N-methyl/N-ethyl adjacent to an activating group) is 2. The van der Waals surface area contributed by atoms with Gasteiger partial charge in [0.15, 0.2) is 0 Å². The lowest BCUT2D eigenvalue weighted by Crippen LogP contribution is -2.48. The first-order valence-electron chi connectivity index (χ1n) is 8.42. The van der Waals surface area contributed by atoms with Crippen LogP contribution < -0.4 is 4.74 Å².